The van der Waals surface area contributed by atoms with Crippen LogP contribution in [-0.4, -0.2) is 55.5 Å². The Hall–Kier alpha value is -2.83. The quantitative estimate of drug-likeness (QED) is 0.759. The van der Waals surface area contributed by atoms with E-state index >= 15 is 0 Å². The van der Waals surface area contributed by atoms with Crippen LogP contribution in [0.25, 0.3) is 0 Å². The van der Waals surface area contributed by atoms with Gasteiger partial charge in [-0.25, -0.2) is 4.79 Å². The van der Waals surface area contributed by atoms with Gasteiger partial charge in [-0.05, 0) is 24.6 Å². The van der Waals surface area contributed by atoms with E-state index < -0.39 is 23.7 Å². The second kappa shape index (κ2) is 4.87. The largest absolute Gasteiger partial charge is 0.493 e. The molecule has 0 radical (unpaired) electrons. The van der Waals surface area contributed by atoms with Crippen molar-refractivity contribution >= 4 is 17.7 Å². The Bertz CT molecular complexity index is 906. The lowest BCUT2D eigenvalue weighted by atomic mass is 9.53. The van der Waals surface area contributed by atoms with Crippen molar-refractivity contribution in [2.45, 2.75) is 24.0 Å². The van der Waals surface area contributed by atoms with Gasteiger partial charge in [-0.1, -0.05) is 6.08 Å². The summed E-state index contributed by atoms with van der Waals surface area (Å²) in [7, 11) is 2.84. The molecule has 1 aromatic carbocycles. The van der Waals surface area contributed by atoms with Gasteiger partial charge in [0.1, 0.15) is 6.04 Å². The fourth-order valence-electron chi connectivity index (χ4n) is 5.21. The van der Waals surface area contributed by atoms with Gasteiger partial charge >= 0.3 is 6.09 Å². The highest BCUT2D eigenvalue weighted by molar-refractivity contribution is 6.09. The lowest BCUT2D eigenvalue weighted by Crippen LogP contribution is -2.67. The summed E-state index contributed by atoms with van der Waals surface area (Å²) in [6, 6.07) is 2.69. The van der Waals surface area contributed by atoms with Gasteiger partial charge in [0.25, 0.3) is 0 Å². The molecule has 2 aliphatic heterocycles. The molecule has 0 N–H and O–H groups in total. The van der Waals surface area contributed by atoms with Gasteiger partial charge in [0.05, 0.1) is 19.6 Å². The highest BCUT2D eigenvalue weighted by atomic mass is 16.5. The van der Waals surface area contributed by atoms with Crippen LogP contribution in [0.2, 0.25) is 0 Å². The van der Waals surface area contributed by atoms with Gasteiger partial charge in [-0.15, -0.1) is 0 Å². The monoisotopic (exact) mass is 355 g/mol. The normalized spacial score (nSPS) is 32.8. The molecule has 4 aliphatic rings. The molecular formula is C19H17NO6. The van der Waals surface area contributed by atoms with Crippen LogP contribution in [0.4, 0.5) is 4.79 Å². The second-order valence-electron chi connectivity index (χ2n) is 7.07. The van der Waals surface area contributed by atoms with E-state index in [0.717, 1.165) is 5.56 Å². The molecule has 1 saturated heterocycles. The fraction of sp³-hybridized carbons (Fsp3) is 0.421. The molecule has 0 saturated carbocycles. The SMILES string of the molecule is COC(=O)N1CC[C@]23c4c5ccc(OC)c4O[C@H]2C(=O)C=CC3[C@H]1C5=O. The number of carbonyl (C=O) groups is 3. The van der Waals surface area contributed by atoms with Crippen LogP contribution in [0.15, 0.2) is 24.3 Å². The molecule has 1 aromatic rings. The lowest BCUT2D eigenvalue weighted by Gasteiger charge is -2.54. The Morgan fingerprint density at radius 1 is 1.31 bits per heavy atom. The highest BCUT2D eigenvalue weighted by Gasteiger charge is 2.67. The summed E-state index contributed by atoms with van der Waals surface area (Å²) in [5.41, 5.74) is 0.616. The van der Waals surface area contributed by atoms with Gasteiger partial charge in [-0.2, -0.15) is 0 Å². The first kappa shape index (κ1) is 15.4. The van der Waals surface area contributed by atoms with E-state index in [1.165, 1.54) is 25.2 Å². The van der Waals surface area contributed by atoms with E-state index in [9.17, 15) is 14.4 Å². The number of hydrogen-bond donors (Lipinski definition) is 0. The number of ether oxygens (including phenoxy) is 3. The van der Waals surface area contributed by atoms with Crippen LogP contribution in [0.1, 0.15) is 22.3 Å². The molecule has 1 spiro atoms. The number of Topliss-reactive ketones (excluding diaryl/α,β-unsaturated/α-hetero) is 1. The van der Waals surface area contributed by atoms with E-state index in [0.29, 0.717) is 30.0 Å². The first-order valence-corrected chi connectivity index (χ1v) is 8.53. The average Bonchev–Trinajstić information content (AvgIpc) is 3.01. The van der Waals surface area contributed by atoms with Crippen molar-refractivity contribution < 1.29 is 28.6 Å². The average molecular weight is 355 g/mol. The van der Waals surface area contributed by atoms with Crippen LogP contribution in [0.3, 0.4) is 0 Å². The summed E-state index contributed by atoms with van der Waals surface area (Å²) in [6.45, 7) is 0.330. The summed E-state index contributed by atoms with van der Waals surface area (Å²) < 4.78 is 16.4. The van der Waals surface area contributed by atoms with Crippen molar-refractivity contribution in [2.24, 2.45) is 5.92 Å². The van der Waals surface area contributed by atoms with E-state index in [1.54, 1.807) is 18.2 Å². The zero-order chi connectivity index (χ0) is 18.2. The van der Waals surface area contributed by atoms with Crippen LogP contribution in [0, 0.1) is 5.92 Å². The molecule has 1 unspecified atom stereocenters. The molecule has 7 heteroatoms. The van der Waals surface area contributed by atoms with Gasteiger partial charge in [-0.3, -0.25) is 14.5 Å². The summed E-state index contributed by atoms with van der Waals surface area (Å²) in [4.78, 5) is 39.7. The van der Waals surface area contributed by atoms with Crippen molar-refractivity contribution in [1.82, 2.24) is 4.90 Å². The second-order valence-corrected chi connectivity index (χ2v) is 7.07. The number of nitrogens with zero attached hydrogens (tertiary/aromatic N) is 1. The molecule has 7 nitrogen and oxygen atoms in total. The molecule has 2 heterocycles. The summed E-state index contributed by atoms with van der Waals surface area (Å²) in [6.07, 6.45) is 2.52. The van der Waals surface area contributed by atoms with E-state index in [-0.39, 0.29) is 17.5 Å². The van der Waals surface area contributed by atoms with Crippen LogP contribution >= 0.6 is 0 Å². The third kappa shape index (κ3) is 1.52. The maximum Gasteiger partial charge on any atom is 0.410 e. The fourth-order valence-corrected chi connectivity index (χ4v) is 5.21. The van der Waals surface area contributed by atoms with Crippen molar-refractivity contribution in [3.05, 3.63) is 35.4 Å². The number of likely N-dealkylation sites (tertiary alicyclic amines) is 1. The Balaban J connectivity index is 1.81. The Morgan fingerprint density at radius 3 is 2.85 bits per heavy atom. The van der Waals surface area contributed by atoms with E-state index in [1.807, 2.05) is 0 Å². The Labute approximate surface area is 149 Å². The predicted octanol–water partition coefficient (Wildman–Crippen LogP) is 1.49. The molecule has 1 fully saturated rings. The molecule has 2 bridgehead atoms. The third-order valence-electron chi connectivity index (χ3n) is 6.22. The molecule has 1 amide bonds. The molecule has 2 aliphatic carbocycles. The number of piperidine rings is 1. The van der Waals surface area contributed by atoms with Crippen molar-refractivity contribution in [3.63, 3.8) is 0 Å². The minimum Gasteiger partial charge on any atom is -0.493 e. The Kier molecular flexibility index (Phi) is 2.89. The van der Waals surface area contributed by atoms with Gasteiger partial charge in [0.15, 0.2) is 29.2 Å². The standard InChI is InChI=1S/C19H17NO6/c1-24-12-6-3-9-13-16(12)26-17-11(21)5-4-10-14(15(9)22)20(18(23)25-2)8-7-19(10,13)17/h3-6,10,14,17H,7-8H2,1-2H3/t10?,14-,17-,19-/m0/s1. The van der Waals surface area contributed by atoms with Crippen molar-refractivity contribution in [2.75, 3.05) is 20.8 Å². The zero-order valence-corrected chi connectivity index (χ0v) is 14.4. The first-order chi connectivity index (χ1) is 12.5. The van der Waals surface area contributed by atoms with Crippen LogP contribution < -0.4 is 9.47 Å². The summed E-state index contributed by atoms with van der Waals surface area (Å²) in [5, 5.41) is 0. The van der Waals surface area contributed by atoms with Crippen LogP contribution in [-0.2, 0) is 14.9 Å². The van der Waals surface area contributed by atoms with Crippen molar-refractivity contribution in [3.8, 4) is 11.5 Å². The maximum atomic E-state index is 13.3. The molecule has 26 heavy (non-hydrogen) atoms. The number of rotatable bonds is 1. The number of hydrogen-bond acceptors (Lipinski definition) is 6. The summed E-state index contributed by atoms with van der Waals surface area (Å²) in [5.74, 6) is 0.394. The van der Waals surface area contributed by atoms with Crippen molar-refractivity contribution in [1.29, 1.82) is 0 Å². The molecule has 5 rings (SSSR count). The number of benzene rings is 1. The number of methoxy groups -OCH3 is 2. The lowest BCUT2D eigenvalue weighted by molar-refractivity contribution is -0.126. The van der Waals surface area contributed by atoms with Gasteiger partial charge in [0.2, 0.25) is 0 Å². The van der Waals surface area contributed by atoms with E-state index in [4.69, 9.17) is 14.2 Å². The van der Waals surface area contributed by atoms with Crippen LogP contribution in [0.5, 0.6) is 11.5 Å². The number of carbonyl (C=O) groups excluding carboxylic acids is 3. The summed E-state index contributed by atoms with van der Waals surface area (Å²) >= 11 is 0. The Morgan fingerprint density at radius 2 is 2.12 bits per heavy atom. The topological polar surface area (TPSA) is 82.1 Å². The van der Waals surface area contributed by atoms with Gasteiger partial charge in [0, 0.05) is 23.6 Å². The van der Waals surface area contributed by atoms with Gasteiger partial charge < -0.3 is 14.2 Å². The highest BCUT2D eigenvalue weighted by Crippen LogP contribution is 2.62. The molecular weight excluding hydrogens is 338 g/mol. The maximum absolute atomic E-state index is 13.3. The molecule has 0 aromatic heterocycles. The minimum absolute atomic E-state index is 0.120. The number of amides is 1. The number of ketones is 2. The molecule has 4 atom stereocenters. The third-order valence-corrected chi connectivity index (χ3v) is 6.22. The first-order valence-electron chi connectivity index (χ1n) is 8.53. The predicted molar refractivity (Wildman–Crippen MR) is 88.6 cm³/mol. The zero-order valence-electron chi connectivity index (χ0n) is 14.4. The van der Waals surface area contributed by atoms with E-state index in [2.05, 4.69) is 0 Å². The smallest absolute Gasteiger partial charge is 0.410 e. The minimum atomic E-state index is -0.696. The molecule has 134 valence electrons.